The molecule has 25 heavy (non-hydrogen) atoms. The number of piperazine rings is 1. The fraction of sp³-hybridized carbons (Fsp3) is 0.200. The van der Waals surface area contributed by atoms with Crippen molar-refractivity contribution >= 4 is 5.91 Å². The Morgan fingerprint density at radius 3 is 2.56 bits per heavy atom. The van der Waals surface area contributed by atoms with Gasteiger partial charge in [0.05, 0.1) is 5.69 Å². The van der Waals surface area contributed by atoms with Crippen LogP contribution in [0.15, 0.2) is 66.9 Å². The van der Waals surface area contributed by atoms with Crippen LogP contribution in [0.4, 0.5) is 0 Å². The van der Waals surface area contributed by atoms with Crippen molar-refractivity contribution in [1.82, 2.24) is 20.4 Å². The molecule has 1 aliphatic rings. The molecule has 1 fully saturated rings. The number of nitrogens with zero attached hydrogens (tertiary/aromatic N) is 2. The molecule has 0 aliphatic carbocycles. The number of amides is 1. The number of aromatic amines is 1. The summed E-state index contributed by atoms with van der Waals surface area (Å²) in [5.41, 5.74) is 3.91. The van der Waals surface area contributed by atoms with E-state index in [9.17, 15) is 4.79 Å². The zero-order valence-electron chi connectivity index (χ0n) is 13.9. The van der Waals surface area contributed by atoms with Crippen LogP contribution in [0.25, 0.3) is 11.3 Å². The predicted molar refractivity (Wildman–Crippen MR) is 97.1 cm³/mol. The second-order valence-electron chi connectivity index (χ2n) is 6.22. The van der Waals surface area contributed by atoms with E-state index in [0.29, 0.717) is 6.54 Å². The van der Waals surface area contributed by atoms with E-state index in [-0.39, 0.29) is 11.9 Å². The number of hydrogen-bond donors (Lipinski definition) is 2. The number of hydrogen-bond acceptors (Lipinski definition) is 3. The lowest BCUT2D eigenvalue weighted by atomic mass is 10.0. The highest BCUT2D eigenvalue weighted by Crippen LogP contribution is 2.20. The molecule has 126 valence electrons. The molecule has 1 atom stereocenters. The lowest BCUT2D eigenvalue weighted by Crippen LogP contribution is -2.48. The minimum atomic E-state index is 0.0820. The van der Waals surface area contributed by atoms with E-state index in [1.165, 1.54) is 5.56 Å². The van der Waals surface area contributed by atoms with Gasteiger partial charge in [0.1, 0.15) is 0 Å². The van der Waals surface area contributed by atoms with Crippen LogP contribution in [0.3, 0.4) is 0 Å². The van der Waals surface area contributed by atoms with Crippen molar-refractivity contribution in [2.75, 3.05) is 19.6 Å². The number of carbonyl (C=O) groups is 1. The van der Waals surface area contributed by atoms with Crippen molar-refractivity contribution in [3.8, 4) is 11.3 Å². The van der Waals surface area contributed by atoms with Crippen LogP contribution in [0, 0.1) is 0 Å². The van der Waals surface area contributed by atoms with Gasteiger partial charge in [0.25, 0.3) is 5.91 Å². The van der Waals surface area contributed by atoms with Gasteiger partial charge < -0.3 is 10.2 Å². The molecular formula is C20H20N4O. The number of aromatic nitrogens is 2. The van der Waals surface area contributed by atoms with Crippen LogP contribution in [0.1, 0.15) is 22.0 Å². The second kappa shape index (κ2) is 6.91. The van der Waals surface area contributed by atoms with E-state index < -0.39 is 0 Å². The van der Waals surface area contributed by atoms with Crippen molar-refractivity contribution in [2.45, 2.75) is 6.04 Å². The summed E-state index contributed by atoms with van der Waals surface area (Å²) >= 11 is 0. The van der Waals surface area contributed by atoms with Gasteiger partial charge in [-0.3, -0.25) is 9.89 Å². The molecule has 1 aromatic heterocycles. The molecule has 4 rings (SSSR count). The van der Waals surface area contributed by atoms with Gasteiger partial charge in [-0.25, -0.2) is 0 Å². The molecule has 2 aromatic carbocycles. The van der Waals surface area contributed by atoms with Crippen molar-refractivity contribution < 1.29 is 4.79 Å². The molecule has 3 aromatic rings. The van der Waals surface area contributed by atoms with E-state index in [0.717, 1.165) is 29.9 Å². The Balaban J connectivity index is 1.48. The third kappa shape index (κ3) is 3.32. The largest absolute Gasteiger partial charge is 0.335 e. The standard InChI is InChI=1S/C20H20N4O/c25-20(17-8-6-16(7-9-17)18-10-11-22-23-18)24-13-12-21-19(14-24)15-4-2-1-3-5-15/h1-11,19,21H,12-14H2,(H,22,23). The first-order valence-electron chi connectivity index (χ1n) is 8.49. The lowest BCUT2D eigenvalue weighted by molar-refractivity contribution is 0.0703. The zero-order chi connectivity index (χ0) is 17.1. The minimum absolute atomic E-state index is 0.0820. The first kappa shape index (κ1) is 15.6. The summed E-state index contributed by atoms with van der Waals surface area (Å²) in [6, 6.07) is 20.1. The Hall–Kier alpha value is -2.92. The molecular weight excluding hydrogens is 312 g/mol. The first-order valence-corrected chi connectivity index (χ1v) is 8.49. The topological polar surface area (TPSA) is 61.0 Å². The first-order chi connectivity index (χ1) is 12.3. The van der Waals surface area contributed by atoms with Crippen LogP contribution in [0.5, 0.6) is 0 Å². The summed E-state index contributed by atoms with van der Waals surface area (Å²) in [6.07, 6.45) is 1.72. The maximum absolute atomic E-state index is 12.9. The molecule has 2 heterocycles. The SMILES string of the molecule is O=C(c1ccc(-c2ccn[nH]2)cc1)N1CCNC(c2ccccc2)C1. The van der Waals surface area contributed by atoms with Crippen LogP contribution in [-0.2, 0) is 0 Å². The van der Waals surface area contributed by atoms with E-state index in [4.69, 9.17) is 0 Å². The maximum Gasteiger partial charge on any atom is 0.253 e. The van der Waals surface area contributed by atoms with Gasteiger partial charge in [0.15, 0.2) is 0 Å². The quantitative estimate of drug-likeness (QED) is 0.775. The Morgan fingerprint density at radius 1 is 1.04 bits per heavy atom. The molecule has 1 amide bonds. The van der Waals surface area contributed by atoms with E-state index >= 15 is 0 Å². The van der Waals surface area contributed by atoms with Crippen molar-refractivity contribution in [2.24, 2.45) is 0 Å². The van der Waals surface area contributed by atoms with Crippen molar-refractivity contribution in [1.29, 1.82) is 0 Å². The summed E-state index contributed by atoms with van der Waals surface area (Å²) < 4.78 is 0. The Kier molecular flexibility index (Phi) is 4.31. The van der Waals surface area contributed by atoms with Crippen molar-refractivity contribution in [3.63, 3.8) is 0 Å². The van der Waals surface area contributed by atoms with E-state index in [1.807, 2.05) is 53.4 Å². The van der Waals surface area contributed by atoms with E-state index in [1.54, 1.807) is 6.20 Å². The lowest BCUT2D eigenvalue weighted by Gasteiger charge is -2.34. The normalized spacial score (nSPS) is 17.4. The van der Waals surface area contributed by atoms with Gasteiger partial charge in [0, 0.05) is 37.4 Å². The summed E-state index contributed by atoms with van der Waals surface area (Å²) in [5.74, 6) is 0.0820. The number of H-pyrrole nitrogens is 1. The highest BCUT2D eigenvalue weighted by molar-refractivity contribution is 5.94. The van der Waals surface area contributed by atoms with Crippen LogP contribution < -0.4 is 5.32 Å². The average molecular weight is 332 g/mol. The van der Waals surface area contributed by atoms with Gasteiger partial charge in [-0.2, -0.15) is 5.10 Å². The van der Waals surface area contributed by atoms with Gasteiger partial charge in [-0.05, 0) is 29.3 Å². The number of rotatable bonds is 3. The molecule has 1 unspecified atom stereocenters. The highest BCUT2D eigenvalue weighted by Gasteiger charge is 2.24. The Bertz CT molecular complexity index is 828. The Labute approximate surface area is 146 Å². The molecule has 0 saturated carbocycles. The zero-order valence-corrected chi connectivity index (χ0v) is 13.9. The molecule has 5 heteroatoms. The second-order valence-corrected chi connectivity index (χ2v) is 6.22. The molecule has 1 aliphatic heterocycles. The highest BCUT2D eigenvalue weighted by atomic mass is 16.2. The smallest absolute Gasteiger partial charge is 0.253 e. The van der Waals surface area contributed by atoms with Gasteiger partial charge in [-0.15, -0.1) is 0 Å². The summed E-state index contributed by atoms with van der Waals surface area (Å²) in [5, 5.41) is 10.4. The third-order valence-electron chi connectivity index (χ3n) is 4.61. The van der Waals surface area contributed by atoms with Crippen LogP contribution in [0.2, 0.25) is 0 Å². The van der Waals surface area contributed by atoms with Crippen LogP contribution >= 0.6 is 0 Å². The molecule has 0 spiro atoms. The van der Waals surface area contributed by atoms with Gasteiger partial charge >= 0.3 is 0 Å². The number of carbonyl (C=O) groups excluding carboxylic acids is 1. The third-order valence-corrected chi connectivity index (χ3v) is 4.61. The summed E-state index contributed by atoms with van der Waals surface area (Å²) in [7, 11) is 0. The fourth-order valence-electron chi connectivity index (χ4n) is 3.23. The van der Waals surface area contributed by atoms with E-state index in [2.05, 4.69) is 27.6 Å². The van der Waals surface area contributed by atoms with Crippen LogP contribution in [-0.4, -0.2) is 40.6 Å². The summed E-state index contributed by atoms with van der Waals surface area (Å²) in [4.78, 5) is 14.8. The van der Waals surface area contributed by atoms with Gasteiger partial charge in [-0.1, -0.05) is 42.5 Å². The predicted octanol–water partition coefficient (Wildman–Crippen LogP) is 2.86. The maximum atomic E-state index is 12.9. The number of nitrogens with one attached hydrogen (secondary N) is 2. The van der Waals surface area contributed by atoms with Crippen molar-refractivity contribution in [3.05, 3.63) is 78.0 Å². The average Bonchev–Trinajstić information content (AvgIpc) is 3.23. The fourth-order valence-corrected chi connectivity index (χ4v) is 3.23. The minimum Gasteiger partial charge on any atom is -0.335 e. The summed E-state index contributed by atoms with van der Waals surface area (Å²) in [6.45, 7) is 2.22. The Morgan fingerprint density at radius 2 is 1.84 bits per heavy atom. The molecule has 1 saturated heterocycles. The van der Waals surface area contributed by atoms with Gasteiger partial charge in [0.2, 0.25) is 0 Å². The monoisotopic (exact) mass is 332 g/mol. The molecule has 0 radical (unpaired) electrons. The molecule has 5 nitrogen and oxygen atoms in total. The molecule has 2 N–H and O–H groups in total. The molecule has 0 bridgehead atoms. The number of benzene rings is 2.